The van der Waals surface area contributed by atoms with Crippen LogP contribution in [0.2, 0.25) is 0 Å². The molecule has 0 spiro atoms. The summed E-state index contributed by atoms with van der Waals surface area (Å²) in [4.78, 5) is 23.9. The zero-order valence-corrected chi connectivity index (χ0v) is 19.4. The third-order valence-corrected chi connectivity index (χ3v) is 5.54. The summed E-state index contributed by atoms with van der Waals surface area (Å²) in [6, 6.07) is 14.9. The Hall–Kier alpha value is -3.56. The summed E-state index contributed by atoms with van der Waals surface area (Å²) >= 11 is 1.31. The highest BCUT2D eigenvalue weighted by Gasteiger charge is 2.15. The number of fused-ring (bicyclic) bond motifs is 1. The number of anilines is 2. The molecule has 0 N–H and O–H groups in total. The summed E-state index contributed by atoms with van der Waals surface area (Å²) in [5, 5.41) is 0.504. The quantitative estimate of drug-likeness (QED) is 0.269. The minimum absolute atomic E-state index is 0.168. The van der Waals surface area contributed by atoms with Crippen LogP contribution >= 0.6 is 12.0 Å². The number of rotatable bonds is 9. The molecule has 2 heterocycles. The second kappa shape index (κ2) is 10.4. The van der Waals surface area contributed by atoms with Gasteiger partial charge in [0.2, 0.25) is 0 Å². The van der Waals surface area contributed by atoms with Gasteiger partial charge in [-0.3, -0.25) is 14.3 Å². The zero-order valence-electron chi connectivity index (χ0n) is 18.6. The predicted octanol–water partition coefficient (Wildman–Crippen LogP) is 4.23. The number of hydrogen-bond donors (Lipinski definition) is 0. The molecule has 0 aliphatic rings. The Morgan fingerprint density at radius 3 is 2.48 bits per heavy atom. The van der Waals surface area contributed by atoms with Crippen LogP contribution in [0.5, 0.6) is 11.5 Å². The number of methoxy groups -OCH3 is 2. The Labute approximate surface area is 196 Å². The predicted molar refractivity (Wildman–Crippen MR) is 131 cm³/mol. The molecule has 0 saturated heterocycles. The first-order valence-corrected chi connectivity index (χ1v) is 11.4. The molecule has 0 unspecified atom stereocenters. The standard InChI is InChI=1S/C24H24N4O4S/c1-30-20-11-19(12-21(14-20)31-2)27(9-10-32-33-3)17-6-7-23-22(13-17)24(29)28(16-26-23)18-5-4-8-25-15-18/h4-8,11-16H,9-10H2,1-3H3. The fraction of sp³-hybridized carbons (Fsp3) is 0.208. The van der Waals surface area contributed by atoms with Gasteiger partial charge in [-0.1, -0.05) is 0 Å². The molecule has 33 heavy (non-hydrogen) atoms. The Morgan fingerprint density at radius 2 is 1.82 bits per heavy atom. The van der Waals surface area contributed by atoms with Gasteiger partial charge >= 0.3 is 0 Å². The van der Waals surface area contributed by atoms with E-state index in [9.17, 15) is 4.79 Å². The van der Waals surface area contributed by atoms with E-state index in [1.54, 1.807) is 32.7 Å². The van der Waals surface area contributed by atoms with Crippen LogP contribution < -0.4 is 19.9 Å². The van der Waals surface area contributed by atoms with Crippen molar-refractivity contribution < 1.29 is 13.7 Å². The summed E-state index contributed by atoms with van der Waals surface area (Å²) in [6.45, 7) is 1.03. The summed E-state index contributed by atoms with van der Waals surface area (Å²) in [5.41, 5.74) is 2.79. The Kier molecular flexibility index (Phi) is 7.11. The number of aromatic nitrogens is 3. The van der Waals surface area contributed by atoms with Crippen LogP contribution in [0.1, 0.15) is 0 Å². The van der Waals surface area contributed by atoms with Crippen molar-refractivity contribution in [3.8, 4) is 17.2 Å². The largest absolute Gasteiger partial charge is 0.497 e. The number of nitrogens with zero attached hydrogens (tertiary/aromatic N) is 4. The van der Waals surface area contributed by atoms with E-state index in [-0.39, 0.29) is 5.56 Å². The van der Waals surface area contributed by atoms with Crippen molar-refractivity contribution in [2.75, 3.05) is 38.5 Å². The molecule has 0 aliphatic carbocycles. The number of hydrogen-bond acceptors (Lipinski definition) is 8. The highest BCUT2D eigenvalue weighted by atomic mass is 32.2. The van der Waals surface area contributed by atoms with E-state index in [0.29, 0.717) is 41.2 Å². The Morgan fingerprint density at radius 1 is 1.03 bits per heavy atom. The van der Waals surface area contributed by atoms with Crippen molar-refractivity contribution in [1.82, 2.24) is 14.5 Å². The highest BCUT2D eigenvalue weighted by Crippen LogP contribution is 2.33. The van der Waals surface area contributed by atoms with E-state index in [4.69, 9.17) is 13.7 Å². The Bertz CT molecular complexity index is 1270. The van der Waals surface area contributed by atoms with Gasteiger partial charge in [-0.25, -0.2) is 4.98 Å². The SMILES string of the molecule is COc1cc(OC)cc(N(CCOSC)c2ccc3ncn(-c4cccnc4)c(=O)c3c2)c1. The first kappa shape index (κ1) is 22.6. The fourth-order valence-corrected chi connectivity index (χ4v) is 3.77. The Balaban J connectivity index is 1.83. The fourth-order valence-electron chi connectivity index (χ4n) is 3.53. The molecule has 0 bridgehead atoms. The van der Waals surface area contributed by atoms with Crippen LogP contribution in [0.15, 0.2) is 72.0 Å². The van der Waals surface area contributed by atoms with Crippen LogP contribution in [0.25, 0.3) is 16.6 Å². The maximum absolute atomic E-state index is 13.3. The molecule has 9 heteroatoms. The summed E-state index contributed by atoms with van der Waals surface area (Å²) in [6.07, 6.45) is 6.70. The maximum Gasteiger partial charge on any atom is 0.265 e. The van der Waals surface area contributed by atoms with Gasteiger partial charge in [0.15, 0.2) is 0 Å². The van der Waals surface area contributed by atoms with Gasteiger partial charge in [0.25, 0.3) is 5.56 Å². The molecule has 8 nitrogen and oxygen atoms in total. The number of ether oxygens (including phenoxy) is 2. The summed E-state index contributed by atoms with van der Waals surface area (Å²) < 4.78 is 17.9. The smallest absolute Gasteiger partial charge is 0.265 e. The van der Waals surface area contributed by atoms with Gasteiger partial charge in [0.05, 0.1) is 43.6 Å². The van der Waals surface area contributed by atoms with Gasteiger partial charge in [-0.05, 0) is 42.4 Å². The second-order valence-electron chi connectivity index (χ2n) is 7.04. The van der Waals surface area contributed by atoms with Gasteiger partial charge in [-0.2, -0.15) is 0 Å². The first-order valence-electron chi connectivity index (χ1n) is 10.2. The van der Waals surface area contributed by atoms with Crippen LogP contribution in [-0.4, -0.2) is 48.2 Å². The lowest BCUT2D eigenvalue weighted by Crippen LogP contribution is -2.23. The van der Waals surface area contributed by atoms with Crippen molar-refractivity contribution in [3.63, 3.8) is 0 Å². The third kappa shape index (κ3) is 4.94. The molecule has 2 aromatic heterocycles. The van der Waals surface area contributed by atoms with E-state index >= 15 is 0 Å². The van der Waals surface area contributed by atoms with E-state index in [2.05, 4.69) is 14.9 Å². The van der Waals surface area contributed by atoms with Crippen molar-refractivity contribution in [1.29, 1.82) is 0 Å². The van der Waals surface area contributed by atoms with Gasteiger partial charge in [-0.15, -0.1) is 0 Å². The molecule has 0 atom stereocenters. The van der Waals surface area contributed by atoms with Gasteiger partial charge < -0.3 is 18.6 Å². The topological polar surface area (TPSA) is 78.7 Å². The minimum atomic E-state index is -0.168. The van der Waals surface area contributed by atoms with Crippen LogP contribution in [0, 0.1) is 0 Å². The molecular formula is C24H24N4O4S. The lowest BCUT2D eigenvalue weighted by Gasteiger charge is -2.26. The molecule has 0 radical (unpaired) electrons. The molecule has 4 aromatic rings. The molecule has 4 rings (SSSR count). The van der Waals surface area contributed by atoms with Crippen molar-refractivity contribution >= 4 is 34.3 Å². The van der Waals surface area contributed by atoms with Gasteiger partial charge in [0, 0.05) is 48.6 Å². The minimum Gasteiger partial charge on any atom is -0.497 e. The molecule has 0 amide bonds. The average Bonchev–Trinajstić information content (AvgIpc) is 2.87. The highest BCUT2D eigenvalue weighted by molar-refractivity contribution is 7.93. The van der Waals surface area contributed by atoms with Crippen molar-refractivity contribution in [2.45, 2.75) is 0 Å². The zero-order chi connectivity index (χ0) is 23.2. The summed E-state index contributed by atoms with van der Waals surface area (Å²) in [5.74, 6) is 1.34. The molecule has 0 saturated carbocycles. The number of benzene rings is 2. The molecule has 170 valence electrons. The van der Waals surface area contributed by atoms with Crippen LogP contribution in [0.4, 0.5) is 11.4 Å². The van der Waals surface area contributed by atoms with E-state index in [0.717, 1.165) is 11.4 Å². The van der Waals surface area contributed by atoms with Crippen molar-refractivity contribution in [3.05, 3.63) is 77.6 Å². The van der Waals surface area contributed by atoms with Crippen LogP contribution in [-0.2, 0) is 4.18 Å². The lowest BCUT2D eigenvalue weighted by atomic mass is 10.1. The second-order valence-corrected chi connectivity index (χ2v) is 7.61. The molecule has 0 fully saturated rings. The van der Waals surface area contributed by atoms with E-state index in [1.807, 2.05) is 48.7 Å². The van der Waals surface area contributed by atoms with Crippen LogP contribution in [0.3, 0.4) is 0 Å². The normalized spacial score (nSPS) is 10.9. The van der Waals surface area contributed by atoms with E-state index < -0.39 is 0 Å². The molecule has 0 aliphatic heterocycles. The lowest BCUT2D eigenvalue weighted by molar-refractivity contribution is 0.385. The molecular weight excluding hydrogens is 440 g/mol. The van der Waals surface area contributed by atoms with Crippen molar-refractivity contribution in [2.24, 2.45) is 0 Å². The van der Waals surface area contributed by atoms with E-state index in [1.165, 1.54) is 22.9 Å². The summed E-state index contributed by atoms with van der Waals surface area (Å²) in [7, 11) is 3.23. The average molecular weight is 465 g/mol. The molecule has 2 aromatic carbocycles. The first-order chi connectivity index (χ1) is 16.1. The third-order valence-electron chi connectivity index (χ3n) is 5.14. The number of pyridine rings is 1. The maximum atomic E-state index is 13.3. The monoisotopic (exact) mass is 464 g/mol. The van der Waals surface area contributed by atoms with Gasteiger partial charge in [0.1, 0.15) is 17.8 Å².